The Morgan fingerprint density at radius 2 is 1.93 bits per heavy atom. The van der Waals surface area contributed by atoms with Crippen LogP contribution in [0.2, 0.25) is 0 Å². The quantitative estimate of drug-likeness (QED) is 0.789. The normalized spacial score (nSPS) is 22.8. The molecule has 0 N–H and O–H groups in total. The summed E-state index contributed by atoms with van der Waals surface area (Å²) in [7, 11) is 0. The monoisotopic (exact) mass is 378 g/mol. The second-order valence-corrected chi connectivity index (χ2v) is 7.96. The summed E-state index contributed by atoms with van der Waals surface area (Å²) in [4.78, 5) is 17.1. The average molecular weight is 378 g/mol. The van der Waals surface area contributed by atoms with E-state index in [0.29, 0.717) is 18.6 Å². The fourth-order valence-electron chi connectivity index (χ4n) is 5.06. The Hall–Kier alpha value is -2.69. The van der Waals surface area contributed by atoms with Crippen molar-refractivity contribution in [3.8, 4) is 5.75 Å². The highest BCUT2D eigenvalue weighted by atomic mass is 16.6. The summed E-state index contributed by atoms with van der Waals surface area (Å²) >= 11 is 0. The molecule has 2 unspecified atom stereocenters. The van der Waals surface area contributed by atoms with Crippen LogP contribution in [0.5, 0.6) is 5.75 Å². The molecule has 1 saturated heterocycles. The highest BCUT2D eigenvalue weighted by molar-refractivity contribution is 5.73. The molecule has 5 heteroatoms. The largest absolute Gasteiger partial charge is 0.490 e. The number of ether oxygens (including phenoxy) is 2. The standard InChI is InChI=1S/C23H26N2O3/c1-16-7-8-20-22-21(16)18-9-11-24(12-10-19(18)25(22)13-14-27-20)23(26)28-15-17-5-3-2-4-6-17/h2-8,18-19H,9-15H2,1H3. The Morgan fingerprint density at radius 3 is 2.79 bits per heavy atom. The number of carbonyl (C=O) groups excluding carboxylic acids is 1. The number of aryl methyl sites for hydroxylation is 1. The van der Waals surface area contributed by atoms with Gasteiger partial charge in [0.1, 0.15) is 19.0 Å². The molecular weight excluding hydrogens is 352 g/mol. The highest BCUT2D eigenvalue weighted by Gasteiger charge is 2.44. The molecule has 0 saturated carbocycles. The van der Waals surface area contributed by atoms with Crippen LogP contribution in [0.3, 0.4) is 0 Å². The molecule has 2 atom stereocenters. The fraction of sp³-hybridized carbons (Fsp3) is 0.435. The van der Waals surface area contributed by atoms with Gasteiger partial charge < -0.3 is 19.3 Å². The van der Waals surface area contributed by atoms with Gasteiger partial charge in [-0.15, -0.1) is 0 Å². The molecule has 3 aliphatic rings. The van der Waals surface area contributed by atoms with E-state index in [2.05, 4.69) is 24.0 Å². The molecule has 5 nitrogen and oxygen atoms in total. The number of amides is 1. The molecule has 0 radical (unpaired) electrons. The van der Waals surface area contributed by atoms with Crippen molar-refractivity contribution in [1.82, 2.24) is 4.90 Å². The molecule has 5 rings (SSSR count). The van der Waals surface area contributed by atoms with Gasteiger partial charge in [-0.05, 0) is 42.5 Å². The van der Waals surface area contributed by atoms with Crippen molar-refractivity contribution in [2.45, 2.75) is 38.3 Å². The molecule has 2 aromatic carbocycles. The number of hydrogen-bond donors (Lipinski definition) is 0. The molecule has 2 aromatic rings. The predicted octanol–water partition coefficient (Wildman–Crippen LogP) is 4.09. The van der Waals surface area contributed by atoms with Gasteiger partial charge in [0.15, 0.2) is 0 Å². The molecule has 0 aromatic heterocycles. The van der Waals surface area contributed by atoms with Gasteiger partial charge in [-0.2, -0.15) is 0 Å². The SMILES string of the molecule is Cc1ccc2c3c1C1CCN(C(=O)OCc4ccccc4)CCC1N3CCO2. The predicted molar refractivity (Wildman–Crippen MR) is 108 cm³/mol. The van der Waals surface area contributed by atoms with Crippen LogP contribution in [0.4, 0.5) is 10.5 Å². The maximum absolute atomic E-state index is 12.6. The van der Waals surface area contributed by atoms with Crippen molar-refractivity contribution in [3.63, 3.8) is 0 Å². The van der Waals surface area contributed by atoms with E-state index >= 15 is 0 Å². The van der Waals surface area contributed by atoms with E-state index in [1.807, 2.05) is 35.2 Å². The molecule has 3 heterocycles. The minimum Gasteiger partial charge on any atom is -0.490 e. The second kappa shape index (κ2) is 7.04. The lowest BCUT2D eigenvalue weighted by Gasteiger charge is -2.33. The van der Waals surface area contributed by atoms with Crippen LogP contribution in [0.15, 0.2) is 42.5 Å². The lowest BCUT2D eigenvalue weighted by atomic mass is 9.88. The van der Waals surface area contributed by atoms with E-state index in [1.165, 1.54) is 16.8 Å². The summed E-state index contributed by atoms with van der Waals surface area (Å²) in [5, 5.41) is 0. The summed E-state index contributed by atoms with van der Waals surface area (Å²) in [6, 6.07) is 14.6. The first-order valence-corrected chi connectivity index (χ1v) is 10.2. The van der Waals surface area contributed by atoms with Crippen molar-refractivity contribution in [3.05, 3.63) is 59.2 Å². The highest BCUT2D eigenvalue weighted by Crippen LogP contribution is 2.52. The van der Waals surface area contributed by atoms with E-state index in [0.717, 1.165) is 50.4 Å². The van der Waals surface area contributed by atoms with Crippen LogP contribution in [0, 0.1) is 6.92 Å². The maximum Gasteiger partial charge on any atom is 0.410 e. The van der Waals surface area contributed by atoms with Crippen LogP contribution in [0.25, 0.3) is 0 Å². The van der Waals surface area contributed by atoms with E-state index in [9.17, 15) is 4.79 Å². The van der Waals surface area contributed by atoms with Gasteiger partial charge in [0, 0.05) is 25.0 Å². The van der Waals surface area contributed by atoms with E-state index in [4.69, 9.17) is 9.47 Å². The van der Waals surface area contributed by atoms with Gasteiger partial charge in [0.25, 0.3) is 0 Å². The number of benzene rings is 2. The zero-order valence-electron chi connectivity index (χ0n) is 16.3. The molecule has 28 heavy (non-hydrogen) atoms. The van der Waals surface area contributed by atoms with Gasteiger partial charge in [-0.3, -0.25) is 0 Å². The van der Waals surface area contributed by atoms with Gasteiger partial charge in [-0.25, -0.2) is 4.79 Å². The molecule has 146 valence electrons. The first-order chi connectivity index (χ1) is 13.7. The Labute approximate surface area is 165 Å². The van der Waals surface area contributed by atoms with Gasteiger partial charge in [0.05, 0.1) is 12.2 Å². The molecular formula is C23H26N2O3. The molecule has 1 amide bonds. The molecule has 0 spiro atoms. The van der Waals surface area contributed by atoms with Crippen molar-refractivity contribution < 1.29 is 14.3 Å². The molecule has 0 bridgehead atoms. The minimum absolute atomic E-state index is 0.198. The Morgan fingerprint density at radius 1 is 1.11 bits per heavy atom. The molecule has 3 aliphatic heterocycles. The van der Waals surface area contributed by atoms with E-state index in [1.54, 1.807) is 0 Å². The van der Waals surface area contributed by atoms with Crippen molar-refractivity contribution in [1.29, 1.82) is 0 Å². The summed E-state index contributed by atoms with van der Waals surface area (Å²) < 4.78 is 11.5. The fourth-order valence-corrected chi connectivity index (χ4v) is 5.06. The van der Waals surface area contributed by atoms with Crippen LogP contribution >= 0.6 is 0 Å². The van der Waals surface area contributed by atoms with Crippen LogP contribution in [-0.2, 0) is 11.3 Å². The Kier molecular flexibility index (Phi) is 4.38. The van der Waals surface area contributed by atoms with Crippen molar-refractivity contribution >= 4 is 11.8 Å². The van der Waals surface area contributed by atoms with Crippen LogP contribution < -0.4 is 9.64 Å². The van der Waals surface area contributed by atoms with Crippen molar-refractivity contribution in [2.24, 2.45) is 0 Å². The van der Waals surface area contributed by atoms with Gasteiger partial charge in [-0.1, -0.05) is 36.4 Å². The first-order valence-electron chi connectivity index (χ1n) is 10.2. The third kappa shape index (κ3) is 2.89. The summed E-state index contributed by atoms with van der Waals surface area (Å²) in [5.41, 5.74) is 5.10. The summed E-state index contributed by atoms with van der Waals surface area (Å²) in [6.45, 7) is 5.69. The number of fused-ring (bicyclic) bond motifs is 3. The maximum atomic E-state index is 12.6. The van der Waals surface area contributed by atoms with Crippen LogP contribution in [-0.4, -0.2) is 43.3 Å². The first kappa shape index (κ1) is 17.4. The number of anilines is 1. The second-order valence-electron chi connectivity index (χ2n) is 7.96. The summed E-state index contributed by atoms with van der Waals surface area (Å²) in [5.74, 6) is 1.49. The minimum atomic E-state index is -0.198. The lowest BCUT2D eigenvalue weighted by molar-refractivity contribution is 0.0971. The Bertz CT molecular complexity index is 883. The van der Waals surface area contributed by atoms with Crippen molar-refractivity contribution in [2.75, 3.05) is 31.1 Å². The molecule has 0 aliphatic carbocycles. The topological polar surface area (TPSA) is 42.0 Å². The zero-order valence-corrected chi connectivity index (χ0v) is 16.3. The number of hydrogen-bond acceptors (Lipinski definition) is 4. The Balaban J connectivity index is 1.31. The number of nitrogens with zero attached hydrogens (tertiary/aromatic N) is 2. The number of likely N-dealkylation sites (tertiary alicyclic amines) is 1. The van der Waals surface area contributed by atoms with Crippen LogP contribution in [0.1, 0.15) is 35.4 Å². The average Bonchev–Trinajstić information content (AvgIpc) is 2.90. The third-order valence-corrected chi connectivity index (χ3v) is 6.38. The van der Waals surface area contributed by atoms with E-state index < -0.39 is 0 Å². The third-order valence-electron chi connectivity index (χ3n) is 6.38. The summed E-state index contributed by atoms with van der Waals surface area (Å²) in [6.07, 6.45) is 1.74. The number of rotatable bonds is 2. The zero-order chi connectivity index (χ0) is 19.1. The smallest absolute Gasteiger partial charge is 0.410 e. The van der Waals surface area contributed by atoms with Gasteiger partial charge in [0.2, 0.25) is 0 Å². The lowest BCUT2D eigenvalue weighted by Crippen LogP contribution is -2.40. The van der Waals surface area contributed by atoms with Gasteiger partial charge >= 0.3 is 6.09 Å². The molecule has 1 fully saturated rings. The number of carbonyl (C=O) groups is 1. The van der Waals surface area contributed by atoms with E-state index in [-0.39, 0.29) is 6.09 Å².